The third-order valence-corrected chi connectivity index (χ3v) is 5.66. The van der Waals surface area contributed by atoms with Crippen molar-refractivity contribution in [2.24, 2.45) is 0 Å². The highest BCUT2D eigenvalue weighted by molar-refractivity contribution is 5.22. The Balaban J connectivity index is 0. The van der Waals surface area contributed by atoms with Crippen LogP contribution in [0.5, 0.6) is 23.0 Å². The van der Waals surface area contributed by atoms with Crippen LogP contribution in [-0.2, 0) is 18.9 Å². The number of phenols is 2. The van der Waals surface area contributed by atoms with Gasteiger partial charge in [-0.05, 0) is 69.3 Å². The van der Waals surface area contributed by atoms with E-state index in [9.17, 15) is 0 Å². The SMILES string of the molecule is C1CO1.CC(COc1ccccc1)OCCO.CC(COc1ccccc1)OCCO.CC1CO1.CCC.CCC.Oc1ccccc1.Oc1ccccc1. The summed E-state index contributed by atoms with van der Waals surface area (Å²) in [5, 5.41) is 34.3. The predicted molar refractivity (Wildman–Crippen MR) is 223 cm³/mol. The van der Waals surface area contributed by atoms with Crippen LogP contribution in [0.3, 0.4) is 0 Å². The van der Waals surface area contributed by atoms with E-state index in [4.69, 9.17) is 44.1 Å². The van der Waals surface area contributed by atoms with Gasteiger partial charge in [0.2, 0.25) is 0 Å². The topological polar surface area (TPSA) is 143 Å². The Morgan fingerprint density at radius 1 is 0.564 bits per heavy atom. The van der Waals surface area contributed by atoms with Crippen LogP contribution in [0, 0.1) is 0 Å². The van der Waals surface area contributed by atoms with Crippen LogP contribution in [-0.4, -0.2) is 98.2 Å². The second-order valence-electron chi connectivity index (χ2n) is 11.9. The smallest absolute Gasteiger partial charge is 0.119 e. The lowest BCUT2D eigenvalue weighted by Gasteiger charge is -2.13. The maximum atomic E-state index is 8.63. The number of aliphatic hydroxyl groups excluding tert-OH is 2. The van der Waals surface area contributed by atoms with Gasteiger partial charge in [0, 0.05) is 0 Å². The minimum absolute atomic E-state index is 0.00218. The monoisotopic (exact) mass is 770 g/mol. The van der Waals surface area contributed by atoms with Gasteiger partial charge in [0.05, 0.1) is 64.6 Å². The van der Waals surface area contributed by atoms with Crippen molar-refractivity contribution in [3.63, 3.8) is 0 Å². The maximum absolute atomic E-state index is 8.63. The summed E-state index contributed by atoms with van der Waals surface area (Å²) >= 11 is 0. The number of aromatic hydroxyl groups is 2. The molecule has 0 saturated carbocycles. The first-order chi connectivity index (χ1) is 26.7. The summed E-state index contributed by atoms with van der Waals surface area (Å²) in [6.45, 7) is 19.2. The highest BCUT2D eigenvalue weighted by Gasteiger charge is 2.13. The number of phenolic OH excluding ortho intramolecular Hbond substituents is 2. The van der Waals surface area contributed by atoms with Gasteiger partial charge in [-0.2, -0.15) is 0 Å². The quantitative estimate of drug-likeness (QED) is 0.103. The Kier molecular flexibility index (Phi) is 39.5. The minimum atomic E-state index is 0.00218. The molecule has 0 radical (unpaired) electrons. The zero-order valence-corrected chi connectivity index (χ0v) is 34.3. The number of ether oxygens (including phenoxy) is 6. The first kappa shape index (κ1) is 52.9. The van der Waals surface area contributed by atoms with Gasteiger partial charge in [-0.15, -0.1) is 0 Å². The van der Waals surface area contributed by atoms with Gasteiger partial charge in [-0.25, -0.2) is 0 Å². The molecule has 2 aliphatic rings. The number of para-hydroxylation sites is 4. The van der Waals surface area contributed by atoms with Gasteiger partial charge in [0.15, 0.2) is 0 Å². The summed E-state index contributed by atoms with van der Waals surface area (Å²) in [5.74, 6) is 2.32. The van der Waals surface area contributed by atoms with Crippen molar-refractivity contribution >= 4 is 0 Å². The lowest BCUT2D eigenvalue weighted by molar-refractivity contribution is 0.0132. The van der Waals surface area contributed by atoms with Crippen molar-refractivity contribution in [2.75, 3.05) is 59.5 Å². The zero-order chi connectivity index (χ0) is 41.2. The Morgan fingerprint density at radius 3 is 1.00 bits per heavy atom. The van der Waals surface area contributed by atoms with Crippen LogP contribution in [0.1, 0.15) is 61.3 Å². The van der Waals surface area contributed by atoms with E-state index in [-0.39, 0.29) is 25.4 Å². The highest BCUT2D eigenvalue weighted by Crippen LogP contribution is 2.10. The minimum Gasteiger partial charge on any atom is -0.508 e. The third-order valence-electron chi connectivity index (χ3n) is 5.66. The zero-order valence-electron chi connectivity index (χ0n) is 34.3. The second-order valence-corrected chi connectivity index (χ2v) is 11.9. The van der Waals surface area contributed by atoms with E-state index in [2.05, 4.69) is 39.4 Å². The lowest BCUT2D eigenvalue weighted by atomic mass is 10.3. The Morgan fingerprint density at radius 2 is 0.818 bits per heavy atom. The molecule has 3 unspecified atom stereocenters. The first-order valence-electron chi connectivity index (χ1n) is 19.1. The molecule has 0 aromatic heterocycles. The Labute approximate surface area is 331 Å². The van der Waals surface area contributed by atoms with Crippen molar-refractivity contribution in [2.45, 2.75) is 79.6 Å². The van der Waals surface area contributed by atoms with E-state index in [1.807, 2.05) is 86.6 Å². The standard InChI is InChI=1S/2C11H16O3.2C6H6O.C3H6O.2C3H8.C2H4O/c2*1-10(13-8-7-12)9-14-11-5-3-2-4-6-11;2*7-6-4-2-1-3-5-6;1-3-2-4-3;2*1-3-2;1-2-3-1/h2*2-6,10,12H,7-9H2,1H3;2*1-5,7H;3H,2H2,1H3;2*3H2,1-2H3;1-2H2. The van der Waals surface area contributed by atoms with Crippen molar-refractivity contribution < 1.29 is 48.8 Å². The summed E-state index contributed by atoms with van der Waals surface area (Å²) in [4.78, 5) is 0. The summed E-state index contributed by atoms with van der Waals surface area (Å²) in [5.41, 5.74) is 0. The molecule has 6 rings (SSSR count). The summed E-state index contributed by atoms with van der Waals surface area (Å²) in [7, 11) is 0. The Bertz CT molecular complexity index is 1170. The normalized spacial score (nSPS) is 13.4. The van der Waals surface area contributed by atoms with E-state index >= 15 is 0 Å². The average Bonchev–Trinajstić information content (AvgIpc) is 4.15. The molecule has 4 N–H and O–H groups in total. The molecule has 10 nitrogen and oxygen atoms in total. The van der Waals surface area contributed by atoms with Crippen molar-refractivity contribution in [3.05, 3.63) is 121 Å². The fourth-order valence-electron chi connectivity index (χ4n) is 3.02. The molecule has 2 heterocycles. The molecule has 2 saturated heterocycles. The fraction of sp³-hybridized carbons (Fsp3) is 0.467. The molecule has 4 aromatic carbocycles. The Hall–Kier alpha value is -4.16. The number of hydrogen-bond acceptors (Lipinski definition) is 10. The van der Waals surface area contributed by atoms with Gasteiger partial charge in [0.25, 0.3) is 0 Å². The molecule has 0 spiro atoms. The molecule has 2 aliphatic heterocycles. The van der Waals surface area contributed by atoms with Crippen LogP contribution in [0.4, 0.5) is 0 Å². The number of aliphatic hydroxyl groups is 2. The maximum Gasteiger partial charge on any atom is 0.119 e. The van der Waals surface area contributed by atoms with Crippen molar-refractivity contribution in [3.8, 4) is 23.0 Å². The molecule has 0 amide bonds. The molecule has 310 valence electrons. The van der Waals surface area contributed by atoms with Crippen LogP contribution in [0.15, 0.2) is 121 Å². The summed E-state index contributed by atoms with van der Waals surface area (Å²) in [6, 6.07) is 36.6. The summed E-state index contributed by atoms with van der Waals surface area (Å²) < 4.78 is 30.6. The van der Waals surface area contributed by atoms with E-state index < -0.39 is 0 Å². The van der Waals surface area contributed by atoms with Crippen LogP contribution >= 0.6 is 0 Å². The fourth-order valence-corrected chi connectivity index (χ4v) is 3.02. The third kappa shape index (κ3) is 45.9. The largest absolute Gasteiger partial charge is 0.508 e. The molecular formula is C45H70O10. The van der Waals surface area contributed by atoms with E-state index in [1.165, 1.54) is 12.8 Å². The number of benzene rings is 4. The number of hydrogen-bond donors (Lipinski definition) is 4. The molecule has 3 atom stereocenters. The van der Waals surface area contributed by atoms with Crippen LogP contribution in [0.2, 0.25) is 0 Å². The molecule has 10 heteroatoms. The lowest BCUT2D eigenvalue weighted by Crippen LogP contribution is -2.19. The number of rotatable bonds is 12. The van der Waals surface area contributed by atoms with E-state index in [1.54, 1.807) is 48.5 Å². The molecule has 4 aromatic rings. The number of epoxide rings is 2. The van der Waals surface area contributed by atoms with Gasteiger partial charge in [-0.3, -0.25) is 0 Å². The van der Waals surface area contributed by atoms with Gasteiger partial charge >= 0.3 is 0 Å². The molecule has 0 bridgehead atoms. The molecule has 2 fully saturated rings. The first-order valence-corrected chi connectivity index (χ1v) is 19.1. The predicted octanol–water partition coefficient (Wildman–Crippen LogP) is 8.96. The van der Waals surface area contributed by atoms with E-state index in [0.717, 1.165) is 31.3 Å². The van der Waals surface area contributed by atoms with Crippen LogP contribution in [0.25, 0.3) is 0 Å². The average molecular weight is 771 g/mol. The van der Waals surface area contributed by atoms with E-state index in [0.29, 0.717) is 44.0 Å². The van der Waals surface area contributed by atoms with Gasteiger partial charge in [-0.1, -0.05) is 113 Å². The molecule has 0 aliphatic carbocycles. The summed E-state index contributed by atoms with van der Waals surface area (Å²) in [6.07, 6.45) is 3.09. The van der Waals surface area contributed by atoms with Crippen molar-refractivity contribution in [1.82, 2.24) is 0 Å². The van der Waals surface area contributed by atoms with Gasteiger partial charge in [0.1, 0.15) is 36.2 Å². The van der Waals surface area contributed by atoms with Crippen LogP contribution < -0.4 is 9.47 Å². The second kappa shape index (κ2) is 41.0. The highest BCUT2D eigenvalue weighted by atomic mass is 16.6. The molecular weight excluding hydrogens is 700 g/mol. The van der Waals surface area contributed by atoms with Crippen molar-refractivity contribution in [1.29, 1.82) is 0 Å². The van der Waals surface area contributed by atoms with Gasteiger partial charge < -0.3 is 48.8 Å². The molecule has 55 heavy (non-hydrogen) atoms.